The topological polar surface area (TPSA) is 82.8 Å². The number of hydrogen-bond donors (Lipinski definition) is 0. The third-order valence-corrected chi connectivity index (χ3v) is 2.47. The summed E-state index contributed by atoms with van der Waals surface area (Å²) in [5.74, 6) is -0.556. The van der Waals surface area contributed by atoms with Gasteiger partial charge in [0.1, 0.15) is 12.2 Å². The van der Waals surface area contributed by atoms with Crippen LogP contribution in [0, 0.1) is 6.92 Å². The number of ether oxygens (including phenoxy) is 2. The van der Waals surface area contributed by atoms with E-state index in [2.05, 4.69) is 10.1 Å². The molecule has 0 atom stereocenters. The Bertz CT molecular complexity index is 663. The first-order chi connectivity index (χ1) is 9.52. The van der Waals surface area contributed by atoms with Crippen molar-refractivity contribution in [2.75, 3.05) is 13.2 Å². The zero-order valence-electron chi connectivity index (χ0n) is 11.5. The minimum Gasteiger partial charge on any atom is -0.469 e. The van der Waals surface area contributed by atoms with Gasteiger partial charge in [-0.2, -0.15) is 9.61 Å². The molecule has 0 radical (unpaired) electrons. The first-order valence-electron chi connectivity index (χ1n) is 6.17. The van der Waals surface area contributed by atoms with Gasteiger partial charge in [0.15, 0.2) is 11.4 Å². The zero-order valence-corrected chi connectivity index (χ0v) is 11.5. The predicted molar refractivity (Wildman–Crippen MR) is 69.9 cm³/mol. The third kappa shape index (κ3) is 2.76. The van der Waals surface area contributed by atoms with Crippen molar-refractivity contribution in [3.05, 3.63) is 23.5 Å². The van der Waals surface area contributed by atoms with E-state index < -0.39 is 5.97 Å². The van der Waals surface area contributed by atoms with Crippen LogP contribution in [-0.4, -0.2) is 39.6 Å². The van der Waals surface area contributed by atoms with E-state index in [0.717, 1.165) is 5.69 Å². The number of carbonyl (C=O) groups is 2. The molecule has 7 nitrogen and oxygen atoms in total. The molecule has 2 aromatic heterocycles. The van der Waals surface area contributed by atoms with E-state index in [1.807, 2.05) is 0 Å². The maximum Gasteiger partial charge on any atom is 0.345 e. The van der Waals surface area contributed by atoms with Gasteiger partial charge < -0.3 is 9.47 Å². The number of fused-ring (bicyclic) bond motifs is 1. The number of esters is 1. The van der Waals surface area contributed by atoms with Crippen molar-refractivity contribution in [2.24, 2.45) is 0 Å². The molecule has 7 heteroatoms. The highest BCUT2D eigenvalue weighted by atomic mass is 16.5. The zero-order chi connectivity index (χ0) is 14.7. The van der Waals surface area contributed by atoms with Gasteiger partial charge in [-0.25, -0.2) is 9.78 Å². The Kier molecular flexibility index (Phi) is 3.97. The van der Waals surface area contributed by atoms with Gasteiger partial charge in [-0.05, 0) is 20.8 Å². The van der Waals surface area contributed by atoms with Crippen molar-refractivity contribution in [1.29, 1.82) is 0 Å². The molecule has 2 rings (SSSR count). The van der Waals surface area contributed by atoms with E-state index in [4.69, 9.17) is 9.47 Å². The molecule has 0 N–H and O–H groups in total. The summed E-state index contributed by atoms with van der Waals surface area (Å²) in [5, 5.41) is 4.20. The minimum absolute atomic E-state index is 0.142. The fraction of sp³-hybridized carbons (Fsp3) is 0.385. The van der Waals surface area contributed by atoms with Crippen LogP contribution in [0.25, 0.3) is 5.65 Å². The molecular weight excluding hydrogens is 262 g/mol. The summed E-state index contributed by atoms with van der Waals surface area (Å²) in [6, 6.07) is 1.75. The van der Waals surface area contributed by atoms with Gasteiger partial charge in [-0.1, -0.05) is 0 Å². The number of hydrogen-bond acceptors (Lipinski definition) is 6. The molecule has 0 spiro atoms. The monoisotopic (exact) mass is 277 g/mol. The largest absolute Gasteiger partial charge is 0.469 e. The molecule has 2 heterocycles. The van der Waals surface area contributed by atoms with E-state index in [-0.39, 0.29) is 30.4 Å². The van der Waals surface area contributed by atoms with E-state index in [9.17, 15) is 9.59 Å². The van der Waals surface area contributed by atoms with Crippen LogP contribution >= 0.6 is 0 Å². The number of rotatable bonds is 5. The Hall–Kier alpha value is -2.44. The van der Waals surface area contributed by atoms with Gasteiger partial charge >= 0.3 is 5.97 Å². The van der Waals surface area contributed by atoms with Gasteiger partial charge in [0.2, 0.25) is 5.88 Å². The fourth-order valence-electron chi connectivity index (χ4n) is 1.68. The molecular formula is C13H15N3O4. The van der Waals surface area contributed by atoms with Crippen LogP contribution in [0.1, 0.15) is 29.9 Å². The highest BCUT2D eigenvalue weighted by Gasteiger charge is 2.19. The van der Waals surface area contributed by atoms with Gasteiger partial charge in [0.25, 0.3) is 0 Å². The maximum atomic E-state index is 11.9. The van der Waals surface area contributed by atoms with Crippen molar-refractivity contribution in [1.82, 2.24) is 14.6 Å². The van der Waals surface area contributed by atoms with Crippen LogP contribution in [0.2, 0.25) is 0 Å². The SMILES string of the molecule is CCOC(=O)c1cnc2cc(C)nn2c1OCC(C)=O. The number of carbonyl (C=O) groups excluding carboxylic acids is 2. The quantitative estimate of drug-likeness (QED) is 0.763. The Morgan fingerprint density at radius 2 is 2.15 bits per heavy atom. The van der Waals surface area contributed by atoms with Gasteiger partial charge in [-0.3, -0.25) is 4.79 Å². The fourth-order valence-corrected chi connectivity index (χ4v) is 1.68. The lowest BCUT2D eigenvalue weighted by molar-refractivity contribution is -0.119. The molecule has 0 amide bonds. The Labute approximate surface area is 115 Å². The first kappa shape index (κ1) is 14.0. The summed E-state index contributed by atoms with van der Waals surface area (Å²) >= 11 is 0. The lowest BCUT2D eigenvalue weighted by Gasteiger charge is -2.10. The molecule has 0 fully saturated rings. The van der Waals surface area contributed by atoms with E-state index in [1.165, 1.54) is 17.6 Å². The number of ketones is 1. The van der Waals surface area contributed by atoms with Crippen molar-refractivity contribution in [3.63, 3.8) is 0 Å². The lowest BCUT2D eigenvalue weighted by Crippen LogP contribution is -2.15. The van der Waals surface area contributed by atoms with Gasteiger partial charge in [-0.15, -0.1) is 0 Å². The van der Waals surface area contributed by atoms with Crippen molar-refractivity contribution in [2.45, 2.75) is 20.8 Å². The lowest BCUT2D eigenvalue weighted by atomic mass is 10.3. The Morgan fingerprint density at radius 1 is 1.40 bits per heavy atom. The predicted octanol–water partition coefficient (Wildman–Crippen LogP) is 1.18. The van der Waals surface area contributed by atoms with Crippen LogP contribution in [0.15, 0.2) is 12.3 Å². The highest BCUT2D eigenvalue weighted by Crippen LogP contribution is 2.20. The number of aryl methyl sites for hydroxylation is 1. The second kappa shape index (κ2) is 5.68. The number of Topliss-reactive ketones (excluding diaryl/α,β-unsaturated/α-hetero) is 1. The van der Waals surface area contributed by atoms with E-state index in [1.54, 1.807) is 19.9 Å². The summed E-state index contributed by atoms with van der Waals surface area (Å²) < 4.78 is 11.7. The number of aromatic nitrogens is 3. The smallest absolute Gasteiger partial charge is 0.345 e. The van der Waals surface area contributed by atoms with Crippen molar-refractivity contribution >= 4 is 17.4 Å². The molecule has 20 heavy (non-hydrogen) atoms. The van der Waals surface area contributed by atoms with Gasteiger partial charge in [0, 0.05) is 12.3 Å². The van der Waals surface area contributed by atoms with Crippen LogP contribution < -0.4 is 4.74 Å². The molecule has 0 aliphatic carbocycles. The first-order valence-corrected chi connectivity index (χ1v) is 6.17. The van der Waals surface area contributed by atoms with Crippen LogP contribution in [0.3, 0.4) is 0 Å². The third-order valence-electron chi connectivity index (χ3n) is 2.47. The molecule has 0 aromatic carbocycles. The van der Waals surface area contributed by atoms with E-state index >= 15 is 0 Å². The molecule has 2 aromatic rings. The van der Waals surface area contributed by atoms with E-state index in [0.29, 0.717) is 5.65 Å². The highest BCUT2D eigenvalue weighted by molar-refractivity contribution is 5.92. The molecule has 0 unspecified atom stereocenters. The summed E-state index contributed by atoms with van der Waals surface area (Å²) in [6.45, 7) is 4.99. The molecule has 0 saturated carbocycles. The van der Waals surface area contributed by atoms with Crippen LogP contribution in [0.4, 0.5) is 0 Å². The summed E-state index contributed by atoms with van der Waals surface area (Å²) in [5.41, 5.74) is 1.41. The second-order valence-electron chi connectivity index (χ2n) is 4.24. The average molecular weight is 277 g/mol. The Balaban J connectivity index is 2.51. The van der Waals surface area contributed by atoms with Crippen LogP contribution in [0.5, 0.6) is 5.88 Å². The van der Waals surface area contributed by atoms with Crippen molar-refractivity contribution < 1.29 is 19.1 Å². The molecule has 0 aliphatic rings. The summed E-state index contributed by atoms with van der Waals surface area (Å²) in [7, 11) is 0. The molecule has 0 aliphatic heterocycles. The molecule has 106 valence electrons. The molecule has 0 saturated heterocycles. The standard InChI is InChI=1S/C13H15N3O4/c1-4-19-13(18)10-6-14-11-5-8(2)15-16(11)12(10)20-7-9(3)17/h5-6H,4,7H2,1-3H3. The van der Waals surface area contributed by atoms with Crippen LogP contribution in [-0.2, 0) is 9.53 Å². The summed E-state index contributed by atoms with van der Waals surface area (Å²) in [6.07, 6.45) is 1.36. The second-order valence-corrected chi connectivity index (χ2v) is 4.24. The number of nitrogens with zero attached hydrogens (tertiary/aromatic N) is 3. The van der Waals surface area contributed by atoms with Crippen molar-refractivity contribution in [3.8, 4) is 5.88 Å². The summed E-state index contributed by atoms with van der Waals surface area (Å²) in [4.78, 5) is 27.1. The molecule has 0 bridgehead atoms. The minimum atomic E-state index is -0.561. The Morgan fingerprint density at radius 3 is 2.80 bits per heavy atom. The maximum absolute atomic E-state index is 11.9. The average Bonchev–Trinajstić information content (AvgIpc) is 2.76. The normalized spacial score (nSPS) is 10.6. The van der Waals surface area contributed by atoms with Gasteiger partial charge in [0.05, 0.1) is 12.3 Å².